The van der Waals surface area contributed by atoms with Gasteiger partial charge in [-0.3, -0.25) is 4.79 Å². The van der Waals surface area contributed by atoms with Crippen molar-refractivity contribution in [3.63, 3.8) is 0 Å². The zero-order valence-corrected chi connectivity index (χ0v) is 21.1. The summed E-state index contributed by atoms with van der Waals surface area (Å²) in [6, 6.07) is 17.9. The number of rotatable bonds is 4. The molecule has 2 N–H and O–H groups in total. The number of hydrogen-bond donors (Lipinski definition) is 2. The number of thiophene rings is 1. The van der Waals surface area contributed by atoms with Crippen molar-refractivity contribution in [2.45, 2.75) is 47.0 Å². The van der Waals surface area contributed by atoms with Crippen molar-refractivity contribution in [2.75, 3.05) is 5.32 Å². The lowest BCUT2D eigenvalue weighted by molar-refractivity contribution is 0.102. The summed E-state index contributed by atoms with van der Waals surface area (Å²) in [5.74, 6) is 0.539. The van der Waals surface area contributed by atoms with Gasteiger partial charge in [0.15, 0.2) is 0 Å². The summed E-state index contributed by atoms with van der Waals surface area (Å²) < 4.78 is 0. The van der Waals surface area contributed by atoms with Gasteiger partial charge >= 0.3 is 0 Å². The molecule has 0 saturated heterocycles. The van der Waals surface area contributed by atoms with E-state index >= 15 is 0 Å². The summed E-state index contributed by atoms with van der Waals surface area (Å²) in [5.41, 5.74) is 6.23. The Morgan fingerprint density at radius 3 is 2.62 bits per heavy atom. The Hall–Kier alpha value is -3.18. The fourth-order valence-electron chi connectivity index (χ4n) is 4.94. The summed E-state index contributed by atoms with van der Waals surface area (Å²) in [5, 5.41) is 5.05. The molecule has 4 nitrogen and oxygen atoms in total. The molecule has 2 heterocycles. The summed E-state index contributed by atoms with van der Waals surface area (Å²) in [6.45, 7) is 9.02. The second-order valence-corrected chi connectivity index (χ2v) is 11.4. The number of carbonyl (C=O) groups is 1. The highest BCUT2D eigenvalue weighted by Crippen LogP contribution is 2.45. The third-order valence-electron chi connectivity index (χ3n) is 6.98. The molecule has 1 atom stereocenters. The van der Waals surface area contributed by atoms with E-state index in [9.17, 15) is 4.79 Å². The van der Waals surface area contributed by atoms with E-state index in [0.29, 0.717) is 5.92 Å². The van der Waals surface area contributed by atoms with Crippen LogP contribution in [0.5, 0.6) is 0 Å². The Morgan fingerprint density at radius 1 is 1.12 bits per heavy atom. The monoisotopic (exact) mass is 469 g/mol. The average Bonchev–Trinajstić information content (AvgIpc) is 3.33. The molecule has 0 radical (unpaired) electrons. The van der Waals surface area contributed by atoms with Gasteiger partial charge in [-0.05, 0) is 61.3 Å². The van der Waals surface area contributed by atoms with E-state index in [1.165, 1.54) is 10.4 Å². The van der Waals surface area contributed by atoms with Gasteiger partial charge < -0.3 is 10.3 Å². The zero-order chi connectivity index (χ0) is 23.9. The topological polar surface area (TPSA) is 57.2 Å². The summed E-state index contributed by atoms with van der Waals surface area (Å²) in [4.78, 5) is 23.2. The third kappa shape index (κ3) is 4.32. The highest BCUT2D eigenvalue weighted by Gasteiger charge is 2.33. The number of anilines is 1. The summed E-state index contributed by atoms with van der Waals surface area (Å²) in [6.07, 6.45) is 4.96. The summed E-state index contributed by atoms with van der Waals surface area (Å²) >= 11 is 1.68. The van der Waals surface area contributed by atoms with Gasteiger partial charge in [-0.15, -0.1) is 11.3 Å². The third-order valence-corrected chi connectivity index (χ3v) is 8.15. The molecule has 0 bridgehead atoms. The molecule has 5 rings (SSSR count). The van der Waals surface area contributed by atoms with Gasteiger partial charge in [0.05, 0.1) is 5.56 Å². The van der Waals surface area contributed by atoms with Gasteiger partial charge in [0.2, 0.25) is 0 Å². The fourth-order valence-corrected chi connectivity index (χ4v) is 6.21. The van der Waals surface area contributed by atoms with E-state index in [1.807, 2.05) is 48.7 Å². The van der Waals surface area contributed by atoms with Gasteiger partial charge in [0, 0.05) is 38.9 Å². The number of H-pyrrole nitrogens is 1. The molecule has 2 aromatic carbocycles. The molecule has 174 valence electrons. The molecule has 1 aliphatic carbocycles. The number of fused-ring (bicyclic) bond motifs is 2. The maximum absolute atomic E-state index is 13.5. The Balaban J connectivity index is 1.55. The molecule has 4 aromatic rings. The van der Waals surface area contributed by atoms with Crippen molar-refractivity contribution in [2.24, 2.45) is 16.3 Å². The van der Waals surface area contributed by atoms with Crippen molar-refractivity contribution < 1.29 is 4.79 Å². The van der Waals surface area contributed by atoms with E-state index in [0.717, 1.165) is 57.7 Å². The average molecular weight is 470 g/mol. The zero-order valence-electron chi connectivity index (χ0n) is 20.2. The number of aromatic amines is 1. The van der Waals surface area contributed by atoms with Crippen LogP contribution in [-0.4, -0.2) is 17.1 Å². The lowest BCUT2D eigenvalue weighted by Crippen LogP contribution is -2.27. The summed E-state index contributed by atoms with van der Waals surface area (Å²) in [7, 11) is 0. The molecular weight excluding hydrogens is 438 g/mol. The van der Waals surface area contributed by atoms with Crippen LogP contribution in [0.2, 0.25) is 0 Å². The molecule has 34 heavy (non-hydrogen) atoms. The molecule has 0 aliphatic heterocycles. The molecule has 5 heteroatoms. The van der Waals surface area contributed by atoms with Crippen LogP contribution in [-0.2, 0) is 12.8 Å². The molecule has 1 aliphatic rings. The lowest BCUT2D eigenvalue weighted by Gasteiger charge is -2.33. The Morgan fingerprint density at radius 2 is 1.85 bits per heavy atom. The molecular formula is C29H31N3OS. The van der Waals surface area contributed by atoms with Crippen LogP contribution in [0.4, 0.5) is 10.7 Å². The Labute approximate surface area is 205 Å². The number of amides is 1. The molecule has 1 amide bonds. The highest BCUT2D eigenvalue weighted by atomic mass is 32.1. The van der Waals surface area contributed by atoms with Crippen LogP contribution in [0.15, 0.2) is 59.6 Å². The first kappa shape index (κ1) is 22.6. The van der Waals surface area contributed by atoms with Crippen LogP contribution in [0.3, 0.4) is 0 Å². The normalized spacial score (nSPS) is 16.2. The van der Waals surface area contributed by atoms with E-state index in [-0.39, 0.29) is 11.3 Å². The van der Waals surface area contributed by atoms with Gasteiger partial charge in [-0.2, -0.15) is 0 Å². The second-order valence-electron chi connectivity index (χ2n) is 10.3. The standard InChI is InChI=1S/C29H31N3OS/c1-18-23(21-12-8-9-13-24(21)31-18)17-30-28-26(27(33)32-20-10-6-5-7-11-20)22-15-14-19(29(2,3)4)16-25(22)34-28/h5-13,17,19,31H,14-16H2,1-4H3,(H,32,33)/t19-/m1/s1. The molecule has 0 fully saturated rings. The molecule has 0 spiro atoms. The van der Waals surface area contributed by atoms with E-state index < -0.39 is 0 Å². The van der Waals surface area contributed by atoms with Gasteiger partial charge in [0.1, 0.15) is 5.00 Å². The van der Waals surface area contributed by atoms with Gasteiger partial charge in [-0.25, -0.2) is 4.99 Å². The van der Waals surface area contributed by atoms with Crippen molar-refractivity contribution in [1.29, 1.82) is 0 Å². The van der Waals surface area contributed by atoms with Gasteiger partial charge in [0.25, 0.3) is 5.91 Å². The van der Waals surface area contributed by atoms with Crippen LogP contribution in [0, 0.1) is 18.3 Å². The minimum Gasteiger partial charge on any atom is -0.358 e. The first-order chi connectivity index (χ1) is 16.3. The Kier molecular flexibility index (Phi) is 5.90. The minimum absolute atomic E-state index is 0.0688. The smallest absolute Gasteiger partial charge is 0.259 e. The minimum atomic E-state index is -0.0688. The van der Waals surface area contributed by atoms with Gasteiger partial charge in [-0.1, -0.05) is 57.2 Å². The SMILES string of the molecule is Cc1[nH]c2ccccc2c1C=Nc1sc2c(c1C(=O)Nc1ccccc1)CC[C@@H](C(C)(C)C)C2. The number of aromatic nitrogens is 1. The lowest BCUT2D eigenvalue weighted by atomic mass is 9.72. The number of aliphatic imine (C=N–C) groups is 1. The van der Waals surface area contributed by atoms with Crippen molar-refractivity contribution >= 4 is 45.0 Å². The van der Waals surface area contributed by atoms with Crippen molar-refractivity contribution in [3.8, 4) is 0 Å². The number of hydrogen-bond acceptors (Lipinski definition) is 3. The van der Waals surface area contributed by atoms with Crippen molar-refractivity contribution in [1.82, 2.24) is 4.98 Å². The van der Waals surface area contributed by atoms with Crippen molar-refractivity contribution in [3.05, 3.63) is 81.9 Å². The first-order valence-corrected chi connectivity index (χ1v) is 12.7. The quantitative estimate of drug-likeness (QED) is 0.296. The second kappa shape index (κ2) is 8.88. The number of carbonyl (C=O) groups excluding carboxylic acids is 1. The number of nitrogens with one attached hydrogen (secondary N) is 2. The number of benzene rings is 2. The number of para-hydroxylation sites is 2. The molecule has 2 aromatic heterocycles. The molecule has 0 saturated carbocycles. The molecule has 0 unspecified atom stereocenters. The van der Waals surface area contributed by atoms with Crippen LogP contribution < -0.4 is 5.32 Å². The Bertz CT molecular complexity index is 1370. The van der Waals surface area contributed by atoms with Crippen LogP contribution in [0.1, 0.15) is 59.2 Å². The predicted molar refractivity (Wildman–Crippen MR) is 144 cm³/mol. The maximum atomic E-state index is 13.5. The van der Waals surface area contributed by atoms with Crippen LogP contribution in [0.25, 0.3) is 10.9 Å². The van der Waals surface area contributed by atoms with E-state index in [4.69, 9.17) is 4.99 Å². The first-order valence-electron chi connectivity index (χ1n) is 11.9. The van der Waals surface area contributed by atoms with Crippen LogP contribution >= 0.6 is 11.3 Å². The fraction of sp³-hybridized carbons (Fsp3) is 0.310. The van der Waals surface area contributed by atoms with E-state index in [1.54, 1.807) is 11.3 Å². The number of nitrogens with zero attached hydrogens (tertiary/aromatic N) is 1. The van der Waals surface area contributed by atoms with E-state index in [2.05, 4.69) is 50.1 Å². The predicted octanol–water partition coefficient (Wildman–Crippen LogP) is 7.69. The number of aryl methyl sites for hydroxylation is 1. The largest absolute Gasteiger partial charge is 0.358 e. The highest BCUT2D eigenvalue weighted by molar-refractivity contribution is 7.16. The maximum Gasteiger partial charge on any atom is 0.259 e.